The highest BCUT2D eigenvalue weighted by Gasteiger charge is 2.29. The highest BCUT2D eigenvalue weighted by molar-refractivity contribution is 7.89. The summed E-state index contributed by atoms with van der Waals surface area (Å²) in [4.78, 5) is 12.0. The lowest BCUT2D eigenvalue weighted by Crippen LogP contribution is -2.44. The first kappa shape index (κ1) is 20.2. The molecule has 1 unspecified atom stereocenters. The third-order valence-electron chi connectivity index (χ3n) is 5.05. The molecule has 0 spiro atoms. The fourth-order valence-corrected chi connectivity index (χ4v) is 4.75. The van der Waals surface area contributed by atoms with E-state index in [0.717, 1.165) is 16.5 Å². The number of ether oxygens (including phenoxy) is 1. The van der Waals surface area contributed by atoms with Crippen molar-refractivity contribution >= 4 is 37.9 Å². The van der Waals surface area contributed by atoms with E-state index in [0.29, 0.717) is 11.2 Å². The molecular formula is C22H22N2O5S. The summed E-state index contributed by atoms with van der Waals surface area (Å²) in [6, 6.07) is 13.4. The van der Waals surface area contributed by atoms with Crippen LogP contribution in [0.15, 0.2) is 70.2 Å². The molecule has 2 aromatic heterocycles. The van der Waals surface area contributed by atoms with Crippen LogP contribution >= 0.6 is 0 Å². The van der Waals surface area contributed by atoms with Gasteiger partial charge in [-0.25, -0.2) is 8.42 Å². The minimum atomic E-state index is -3.95. The molecule has 0 aliphatic heterocycles. The van der Waals surface area contributed by atoms with E-state index < -0.39 is 22.0 Å². The van der Waals surface area contributed by atoms with Crippen LogP contribution in [0.25, 0.3) is 27.6 Å². The van der Waals surface area contributed by atoms with Crippen molar-refractivity contribution in [1.29, 1.82) is 0 Å². The van der Waals surface area contributed by atoms with Crippen molar-refractivity contribution in [2.45, 2.75) is 24.8 Å². The van der Waals surface area contributed by atoms with Crippen LogP contribution in [0.1, 0.15) is 13.8 Å². The van der Waals surface area contributed by atoms with E-state index >= 15 is 0 Å². The maximum absolute atomic E-state index is 12.9. The molecule has 30 heavy (non-hydrogen) atoms. The number of benzene rings is 2. The highest BCUT2D eigenvalue weighted by atomic mass is 32.2. The number of hydrogen-bond acceptors (Lipinski definition) is 5. The number of nitrogens with one attached hydrogen (secondary N) is 1. The zero-order valence-corrected chi connectivity index (χ0v) is 17.6. The maximum Gasteiger partial charge on any atom is 0.324 e. The van der Waals surface area contributed by atoms with E-state index in [-0.39, 0.29) is 10.8 Å². The largest absolute Gasteiger partial charge is 0.468 e. The van der Waals surface area contributed by atoms with Crippen molar-refractivity contribution in [1.82, 2.24) is 9.29 Å². The van der Waals surface area contributed by atoms with Gasteiger partial charge in [-0.3, -0.25) is 4.79 Å². The van der Waals surface area contributed by atoms with Crippen LogP contribution in [0.2, 0.25) is 0 Å². The van der Waals surface area contributed by atoms with Gasteiger partial charge in [0.15, 0.2) is 0 Å². The molecular weight excluding hydrogens is 404 g/mol. The monoisotopic (exact) mass is 426 g/mol. The van der Waals surface area contributed by atoms with Crippen LogP contribution in [0.4, 0.5) is 0 Å². The van der Waals surface area contributed by atoms with Gasteiger partial charge in [0, 0.05) is 41.0 Å². The number of furan rings is 1. The van der Waals surface area contributed by atoms with E-state index in [1.54, 1.807) is 19.9 Å². The van der Waals surface area contributed by atoms with Crippen molar-refractivity contribution < 1.29 is 22.4 Å². The fraction of sp³-hybridized carbons (Fsp3) is 0.227. The lowest BCUT2D eigenvalue weighted by molar-refractivity contribution is -0.143. The molecule has 0 saturated carbocycles. The van der Waals surface area contributed by atoms with Gasteiger partial charge in [-0.15, -0.1) is 0 Å². The number of sulfonamides is 1. The molecule has 4 aromatic rings. The van der Waals surface area contributed by atoms with Crippen LogP contribution in [0, 0.1) is 5.92 Å². The molecule has 0 radical (unpaired) electrons. The first-order chi connectivity index (χ1) is 14.3. The third kappa shape index (κ3) is 3.59. The van der Waals surface area contributed by atoms with Crippen molar-refractivity contribution in [2.24, 2.45) is 5.92 Å². The fourth-order valence-electron chi connectivity index (χ4n) is 3.40. The van der Waals surface area contributed by atoms with Gasteiger partial charge in [0.1, 0.15) is 17.2 Å². The summed E-state index contributed by atoms with van der Waals surface area (Å²) in [6.07, 6.45) is 3.87. The van der Waals surface area contributed by atoms with Gasteiger partial charge in [-0.1, -0.05) is 13.8 Å². The van der Waals surface area contributed by atoms with Gasteiger partial charge in [-0.2, -0.15) is 4.72 Å². The summed E-state index contributed by atoms with van der Waals surface area (Å²) in [7, 11) is -2.72. The second-order valence-electron chi connectivity index (χ2n) is 7.40. The summed E-state index contributed by atoms with van der Waals surface area (Å²) in [5.74, 6) is -0.898. The minimum Gasteiger partial charge on any atom is -0.468 e. The summed E-state index contributed by atoms with van der Waals surface area (Å²) in [6.45, 7) is 3.49. The Balaban J connectivity index is 1.73. The SMILES string of the molecule is COC(=O)C(NS(=O)(=O)c1ccc2c(c1)oc1cc(-n3cccc3)ccc12)C(C)C. The second-order valence-corrected chi connectivity index (χ2v) is 9.11. The summed E-state index contributed by atoms with van der Waals surface area (Å²) >= 11 is 0. The number of nitrogens with zero attached hydrogens (tertiary/aromatic N) is 1. The molecule has 0 aliphatic rings. The number of hydrogen-bond donors (Lipinski definition) is 1. The Hall–Kier alpha value is -3.10. The van der Waals surface area contributed by atoms with Crippen molar-refractivity contribution in [3.05, 3.63) is 60.9 Å². The predicted octanol–water partition coefficient (Wildman–Crippen LogP) is 3.85. The van der Waals surface area contributed by atoms with Crippen LogP contribution in [-0.2, 0) is 19.6 Å². The minimum absolute atomic E-state index is 0.0224. The van der Waals surface area contributed by atoms with Crippen LogP contribution < -0.4 is 4.72 Å². The Morgan fingerprint density at radius 2 is 1.67 bits per heavy atom. The standard InChI is InChI=1S/C22H22N2O5S/c1-14(2)21(22(25)28-3)23-30(26,27)16-7-9-18-17-8-6-15(24-10-4-5-11-24)12-19(17)29-20(18)13-16/h4-14,21,23H,1-3H3. The Morgan fingerprint density at radius 1 is 1.03 bits per heavy atom. The number of methoxy groups -OCH3 is 1. The second kappa shape index (κ2) is 7.62. The summed E-state index contributed by atoms with van der Waals surface area (Å²) in [5.41, 5.74) is 2.06. The van der Waals surface area contributed by atoms with Crippen molar-refractivity contribution in [3.8, 4) is 5.69 Å². The number of carbonyl (C=O) groups excluding carboxylic acids is 1. The first-order valence-corrected chi connectivity index (χ1v) is 11.0. The Morgan fingerprint density at radius 3 is 2.30 bits per heavy atom. The topological polar surface area (TPSA) is 90.5 Å². The number of esters is 1. The zero-order valence-electron chi connectivity index (χ0n) is 16.8. The van der Waals surface area contributed by atoms with Gasteiger partial charge in [0.05, 0.1) is 12.0 Å². The summed E-state index contributed by atoms with van der Waals surface area (Å²) in [5, 5.41) is 1.71. The lowest BCUT2D eigenvalue weighted by atomic mass is 10.1. The Labute approximate surface area is 174 Å². The van der Waals surface area contributed by atoms with Gasteiger partial charge < -0.3 is 13.7 Å². The molecule has 0 saturated heterocycles. The molecule has 0 aliphatic carbocycles. The van der Waals surface area contributed by atoms with Crippen molar-refractivity contribution in [2.75, 3.05) is 7.11 Å². The molecule has 8 heteroatoms. The number of aromatic nitrogens is 1. The Kier molecular flexibility index (Phi) is 5.13. The molecule has 4 rings (SSSR count). The quantitative estimate of drug-likeness (QED) is 0.473. The predicted molar refractivity (Wildman–Crippen MR) is 114 cm³/mol. The lowest BCUT2D eigenvalue weighted by Gasteiger charge is -2.19. The smallest absolute Gasteiger partial charge is 0.324 e. The number of rotatable bonds is 6. The van der Waals surface area contributed by atoms with Gasteiger partial charge in [0.2, 0.25) is 10.0 Å². The molecule has 0 amide bonds. The van der Waals surface area contributed by atoms with E-state index in [4.69, 9.17) is 9.15 Å². The molecule has 156 valence electrons. The molecule has 7 nitrogen and oxygen atoms in total. The number of fused-ring (bicyclic) bond motifs is 3. The van der Waals surface area contributed by atoms with E-state index in [9.17, 15) is 13.2 Å². The van der Waals surface area contributed by atoms with Gasteiger partial charge in [0.25, 0.3) is 0 Å². The van der Waals surface area contributed by atoms with Crippen molar-refractivity contribution in [3.63, 3.8) is 0 Å². The first-order valence-electron chi connectivity index (χ1n) is 9.50. The van der Waals surface area contributed by atoms with Crippen LogP contribution in [-0.4, -0.2) is 32.1 Å². The van der Waals surface area contributed by atoms with Gasteiger partial charge in [-0.05, 0) is 42.3 Å². The normalized spacial score (nSPS) is 13.2. The average molecular weight is 426 g/mol. The van der Waals surface area contributed by atoms with Crippen LogP contribution in [0.3, 0.4) is 0 Å². The zero-order chi connectivity index (χ0) is 21.5. The number of carbonyl (C=O) groups is 1. The molecule has 1 atom stereocenters. The Bertz CT molecular complexity index is 1320. The molecule has 1 N–H and O–H groups in total. The third-order valence-corrected chi connectivity index (χ3v) is 6.48. The van der Waals surface area contributed by atoms with E-state index in [2.05, 4.69) is 4.72 Å². The average Bonchev–Trinajstić information content (AvgIpc) is 3.38. The highest BCUT2D eigenvalue weighted by Crippen LogP contribution is 2.32. The van der Waals surface area contributed by atoms with E-state index in [1.807, 2.05) is 47.3 Å². The molecule has 0 fully saturated rings. The van der Waals surface area contributed by atoms with Gasteiger partial charge >= 0.3 is 5.97 Å². The maximum atomic E-state index is 12.9. The molecule has 0 bridgehead atoms. The van der Waals surface area contributed by atoms with Crippen LogP contribution in [0.5, 0.6) is 0 Å². The van der Waals surface area contributed by atoms with E-state index in [1.165, 1.54) is 19.2 Å². The molecule has 2 aromatic carbocycles. The summed E-state index contributed by atoms with van der Waals surface area (Å²) < 4.78 is 40.8. The molecule has 2 heterocycles.